The first kappa shape index (κ1) is 16.8. The number of aryl methyl sites for hydroxylation is 1. The van der Waals surface area contributed by atoms with Crippen molar-refractivity contribution < 1.29 is 14.3 Å². The average molecular weight is 368 g/mol. The molecule has 3 aromatic rings. The number of hydrogen-bond donors (Lipinski definition) is 0. The van der Waals surface area contributed by atoms with Gasteiger partial charge < -0.3 is 14.4 Å². The topological polar surface area (TPSA) is 51.7 Å². The van der Waals surface area contributed by atoms with Crippen LogP contribution in [0, 0.1) is 0 Å². The molecule has 0 aliphatic carbocycles. The minimum absolute atomic E-state index is 0.0896. The molecule has 26 heavy (non-hydrogen) atoms. The largest absolute Gasteiger partial charge is 0.486 e. The Balaban J connectivity index is 1.30. The van der Waals surface area contributed by atoms with Gasteiger partial charge in [-0.15, -0.1) is 11.3 Å². The molecule has 4 rings (SSSR count). The van der Waals surface area contributed by atoms with Gasteiger partial charge in [0.25, 0.3) is 0 Å². The number of hydrogen-bond acceptors (Lipinski definition) is 5. The van der Waals surface area contributed by atoms with Crippen LogP contribution in [-0.4, -0.2) is 42.1 Å². The zero-order chi connectivity index (χ0) is 17.9. The first-order valence-electron chi connectivity index (χ1n) is 8.66. The minimum atomic E-state index is -0.152. The van der Waals surface area contributed by atoms with E-state index in [0.29, 0.717) is 26.0 Å². The number of likely N-dealkylation sites (N-methyl/N-ethyl adjacent to an activating group) is 1. The third kappa shape index (κ3) is 3.65. The molecule has 5 nitrogen and oxygen atoms in total. The van der Waals surface area contributed by atoms with E-state index in [1.165, 1.54) is 0 Å². The summed E-state index contributed by atoms with van der Waals surface area (Å²) in [4.78, 5) is 18.8. The first-order valence-corrected chi connectivity index (χ1v) is 9.47. The summed E-state index contributed by atoms with van der Waals surface area (Å²) in [5.74, 6) is 1.58. The summed E-state index contributed by atoms with van der Waals surface area (Å²) in [6, 6.07) is 15.7. The van der Waals surface area contributed by atoms with Crippen LogP contribution < -0.4 is 9.47 Å². The molecule has 0 saturated carbocycles. The molecular formula is C20H20N2O3S. The maximum atomic E-state index is 12.5. The molecule has 1 aromatic heterocycles. The number of para-hydroxylation sites is 3. The lowest BCUT2D eigenvalue weighted by Gasteiger charge is -2.29. The second-order valence-electron chi connectivity index (χ2n) is 6.35. The van der Waals surface area contributed by atoms with E-state index in [1.807, 2.05) is 49.5 Å². The number of amides is 1. The van der Waals surface area contributed by atoms with Gasteiger partial charge in [0.1, 0.15) is 6.61 Å². The fraction of sp³-hybridized carbons (Fsp3) is 0.300. The number of nitrogens with zero attached hydrogens (tertiary/aromatic N) is 2. The number of ether oxygens (including phenoxy) is 2. The maximum Gasteiger partial charge on any atom is 0.222 e. The van der Waals surface area contributed by atoms with Gasteiger partial charge in [-0.25, -0.2) is 4.98 Å². The van der Waals surface area contributed by atoms with Crippen LogP contribution in [0.1, 0.15) is 11.4 Å². The van der Waals surface area contributed by atoms with Crippen molar-refractivity contribution in [3.8, 4) is 11.5 Å². The summed E-state index contributed by atoms with van der Waals surface area (Å²) < 4.78 is 12.8. The summed E-state index contributed by atoms with van der Waals surface area (Å²) in [5, 5.41) is 0.999. The predicted octanol–water partition coefficient (Wildman–Crippen LogP) is 3.53. The fourth-order valence-electron chi connectivity index (χ4n) is 2.99. The standard InChI is InChI=1S/C20H20N2O3S/c1-22(12-14-13-24-16-7-3-4-8-17(16)25-14)20(23)11-10-19-21-15-6-2-5-9-18(15)26-19/h2-9,14H,10-13H2,1H3. The van der Waals surface area contributed by atoms with Crippen molar-refractivity contribution in [3.63, 3.8) is 0 Å². The minimum Gasteiger partial charge on any atom is -0.486 e. The van der Waals surface area contributed by atoms with Crippen molar-refractivity contribution in [2.75, 3.05) is 20.2 Å². The van der Waals surface area contributed by atoms with Crippen LogP contribution in [0.2, 0.25) is 0 Å². The van der Waals surface area contributed by atoms with E-state index in [0.717, 1.165) is 26.7 Å². The molecule has 1 aliphatic rings. The number of aromatic nitrogens is 1. The monoisotopic (exact) mass is 368 g/mol. The van der Waals surface area contributed by atoms with Gasteiger partial charge in [0, 0.05) is 19.9 Å². The molecule has 0 fully saturated rings. The van der Waals surface area contributed by atoms with E-state index in [4.69, 9.17) is 9.47 Å². The Morgan fingerprint density at radius 1 is 1.19 bits per heavy atom. The Kier molecular flexibility index (Phi) is 4.75. The van der Waals surface area contributed by atoms with E-state index >= 15 is 0 Å². The molecular weight excluding hydrogens is 348 g/mol. The van der Waals surface area contributed by atoms with Gasteiger partial charge in [-0.3, -0.25) is 4.79 Å². The molecule has 134 valence electrons. The number of carbonyl (C=O) groups excluding carboxylic acids is 1. The molecule has 1 amide bonds. The lowest BCUT2D eigenvalue weighted by molar-refractivity contribution is -0.131. The van der Waals surface area contributed by atoms with Crippen LogP contribution in [0.3, 0.4) is 0 Å². The van der Waals surface area contributed by atoms with Gasteiger partial charge in [0.15, 0.2) is 17.6 Å². The van der Waals surface area contributed by atoms with Crippen molar-refractivity contribution in [2.45, 2.75) is 18.9 Å². The Morgan fingerprint density at radius 3 is 2.81 bits per heavy atom. The summed E-state index contributed by atoms with van der Waals surface area (Å²) in [6.07, 6.45) is 0.953. The molecule has 0 radical (unpaired) electrons. The number of fused-ring (bicyclic) bond motifs is 2. The van der Waals surface area contributed by atoms with Crippen LogP contribution in [-0.2, 0) is 11.2 Å². The number of rotatable bonds is 5. The van der Waals surface area contributed by atoms with Gasteiger partial charge in [-0.2, -0.15) is 0 Å². The van der Waals surface area contributed by atoms with Crippen molar-refractivity contribution in [1.82, 2.24) is 9.88 Å². The molecule has 2 heterocycles. The van der Waals surface area contributed by atoms with Crippen LogP contribution in [0.15, 0.2) is 48.5 Å². The Bertz CT molecular complexity index is 891. The maximum absolute atomic E-state index is 12.5. The van der Waals surface area contributed by atoms with Crippen molar-refractivity contribution in [2.24, 2.45) is 0 Å². The molecule has 1 atom stereocenters. The summed E-state index contributed by atoms with van der Waals surface area (Å²) in [7, 11) is 1.81. The number of benzene rings is 2. The molecule has 1 unspecified atom stereocenters. The summed E-state index contributed by atoms with van der Waals surface area (Å²) in [6.45, 7) is 0.958. The quantitative estimate of drug-likeness (QED) is 0.691. The van der Waals surface area contributed by atoms with Crippen LogP contribution >= 0.6 is 11.3 Å². The third-order valence-corrected chi connectivity index (χ3v) is 5.46. The molecule has 0 N–H and O–H groups in total. The van der Waals surface area contributed by atoms with E-state index in [1.54, 1.807) is 16.2 Å². The normalized spacial score (nSPS) is 15.8. The molecule has 2 aromatic carbocycles. The molecule has 6 heteroatoms. The first-order chi connectivity index (χ1) is 12.7. The zero-order valence-electron chi connectivity index (χ0n) is 14.6. The van der Waals surface area contributed by atoms with Gasteiger partial charge in [0.05, 0.1) is 21.8 Å². The van der Waals surface area contributed by atoms with Crippen molar-refractivity contribution >= 4 is 27.5 Å². The molecule has 0 spiro atoms. The second-order valence-corrected chi connectivity index (χ2v) is 7.46. The lowest BCUT2D eigenvalue weighted by atomic mass is 10.2. The number of thiazole rings is 1. The molecule has 0 bridgehead atoms. The van der Waals surface area contributed by atoms with Crippen LogP contribution in [0.25, 0.3) is 10.2 Å². The third-order valence-electron chi connectivity index (χ3n) is 4.36. The fourth-order valence-corrected chi connectivity index (χ4v) is 3.96. The Morgan fingerprint density at radius 2 is 1.96 bits per heavy atom. The van der Waals surface area contributed by atoms with Gasteiger partial charge in [-0.1, -0.05) is 24.3 Å². The smallest absolute Gasteiger partial charge is 0.222 e. The molecule has 1 aliphatic heterocycles. The highest BCUT2D eigenvalue weighted by atomic mass is 32.1. The Hall–Kier alpha value is -2.60. The summed E-state index contributed by atoms with van der Waals surface area (Å²) in [5.41, 5.74) is 1.000. The lowest BCUT2D eigenvalue weighted by Crippen LogP contribution is -2.41. The van der Waals surface area contributed by atoms with E-state index in [-0.39, 0.29) is 12.0 Å². The summed E-state index contributed by atoms with van der Waals surface area (Å²) >= 11 is 1.65. The highest BCUT2D eigenvalue weighted by Gasteiger charge is 2.23. The van der Waals surface area contributed by atoms with E-state index in [9.17, 15) is 4.79 Å². The number of carbonyl (C=O) groups is 1. The highest BCUT2D eigenvalue weighted by Crippen LogP contribution is 2.31. The van der Waals surface area contributed by atoms with Gasteiger partial charge in [-0.05, 0) is 24.3 Å². The van der Waals surface area contributed by atoms with Gasteiger partial charge in [0.2, 0.25) is 5.91 Å². The molecule has 0 saturated heterocycles. The van der Waals surface area contributed by atoms with Crippen molar-refractivity contribution in [1.29, 1.82) is 0 Å². The van der Waals surface area contributed by atoms with Crippen LogP contribution in [0.4, 0.5) is 0 Å². The predicted molar refractivity (Wildman–Crippen MR) is 102 cm³/mol. The van der Waals surface area contributed by atoms with E-state index < -0.39 is 0 Å². The zero-order valence-corrected chi connectivity index (χ0v) is 15.4. The highest BCUT2D eigenvalue weighted by molar-refractivity contribution is 7.18. The average Bonchev–Trinajstić information content (AvgIpc) is 3.09. The van der Waals surface area contributed by atoms with Gasteiger partial charge >= 0.3 is 0 Å². The second kappa shape index (κ2) is 7.33. The SMILES string of the molecule is CN(CC1COc2ccccc2O1)C(=O)CCc1nc2ccccc2s1. The van der Waals surface area contributed by atoms with Crippen molar-refractivity contribution in [3.05, 3.63) is 53.5 Å². The Labute approximate surface area is 156 Å². The van der Waals surface area contributed by atoms with Crippen LogP contribution in [0.5, 0.6) is 11.5 Å². The van der Waals surface area contributed by atoms with E-state index in [2.05, 4.69) is 11.1 Å².